The molecule has 29 heavy (non-hydrogen) atoms. The van der Waals surface area contributed by atoms with Crippen molar-refractivity contribution in [2.75, 3.05) is 26.4 Å². The first kappa shape index (κ1) is 23.3. The summed E-state index contributed by atoms with van der Waals surface area (Å²) in [5.41, 5.74) is 1.21. The van der Waals surface area contributed by atoms with Gasteiger partial charge in [-0.1, -0.05) is 50.7 Å². The quantitative estimate of drug-likeness (QED) is 0.255. The lowest BCUT2D eigenvalue weighted by Crippen LogP contribution is -2.16. The van der Waals surface area contributed by atoms with Crippen LogP contribution >= 0.6 is 62.5 Å². The molecule has 156 valence electrons. The molecule has 0 saturated heterocycles. The molecule has 2 aromatic carbocycles. The van der Waals surface area contributed by atoms with Gasteiger partial charge in [-0.25, -0.2) is 12.4 Å². The molecule has 0 fully saturated rings. The predicted molar refractivity (Wildman–Crippen MR) is 128 cm³/mol. The van der Waals surface area contributed by atoms with Gasteiger partial charge in [0.1, 0.15) is 4.90 Å². The van der Waals surface area contributed by atoms with Crippen molar-refractivity contribution in [3.63, 3.8) is 0 Å². The number of aromatic nitrogens is 1. The third-order valence-electron chi connectivity index (χ3n) is 4.33. The fourth-order valence-corrected chi connectivity index (χ4v) is 7.20. The first-order valence-electron chi connectivity index (χ1n) is 8.52. The Kier molecular flexibility index (Phi) is 7.21. The molecule has 0 saturated carbocycles. The van der Waals surface area contributed by atoms with E-state index in [1.165, 1.54) is 16.1 Å². The summed E-state index contributed by atoms with van der Waals surface area (Å²) in [6, 6.07) is 8.18. The normalized spacial score (nSPS) is 12.3. The Morgan fingerprint density at radius 1 is 1.07 bits per heavy atom. The van der Waals surface area contributed by atoms with Gasteiger partial charge in [0.05, 0.1) is 20.6 Å². The molecule has 0 spiro atoms. The highest BCUT2D eigenvalue weighted by atomic mass is 79.9. The van der Waals surface area contributed by atoms with Crippen molar-refractivity contribution in [2.24, 2.45) is 0 Å². The van der Waals surface area contributed by atoms with Crippen LogP contribution in [0.5, 0.6) is 0 Å². The van der Waals surface area contributed by atoms with Gasteiger partial charge in [0.15, 0.2) is 0 Å². The zero-order valence-corrected chi connectivity index (χ0v) is 21.3. The van der Waals surface area contributed by atoms with E-state index in [2.05, 4.69) is 20.8 Å². The maximum absolute atomic E-state index is 13.6. The summed E-state index contributed by atoms with van der Waals surface area (Å²) < 4.78 is 29.4. The van der Waals surface area contributed by atoms with Gasteiger partial charge in [-0.2, -0.15) is 0 Å². The van der Waals surface area contributed by atoms with E-state index in [9.17, 15) is 8.42 Å². The van der Waals surface area contributed by atoms with Gasteiger partial charge >= 0.3 is 0 Å². The third kappa shape index (κ3) is 4.61. The van der Waals surface area contributed by atoms with Crippen molar-refractivity contribution in [3.05, 3.63) is 55.6 Å². The van der Waals surface area contributed by atoms with Crippen LogP contribution < -0.4 is 0 Å². The van der Waals surface area contributed by atoms with Crippen LogP contribution in [0.2, 0.25) is 15.1 Å². The van der Waals surface area contributed by atoms with Crippen molar-refractivity contribution in [2.45, 2.75) is 16.7 Å². The highest BCUT2D eigenvalue weighted by Crippen LogP contribution is 2.40. The van der Waals surface area contributed by atoms with Gasteiger partial charge in [0, 0.05) is 32.7 Å². The van der Waals surface area contributed by atoms with E-state index in [1.54, 1.807) is 24.8 Å². The number of thioether (sulfide) groups is 1. The van der Waals surface area contributed by atoms with Gasteiger partial charge in [0.25, 0.3) is 10.0 Å². The number of fused-ring (bicyclic) bond motifs is 1. The Morgan fingerprint density at radius 3 is 2.38 bits per heavy atom. The predicted octanol–water partition coefficient (Wildman–Crippen LogP) is 6.56. The molecule has 3 rings (SSSR count). The number of hydrogen-bond acceptors (Lipinski definition) is 4. The molecule has 4 nitrogen and oxygen atoms in total. The minimum Gasteiger partial charge on any atom is -0.309 e. The Morgan fingerprint density at radius 2 is 1.72 bits per heavy atom. The zero-order valence-electron chi connectivity index (χ0n) is 15.8. The lowest BCUT2D eigenvalue weighted by atomic mass is 10.2. The van der Waals surface area contributed by atoms with Crippen LogP contribution in [-0.4, -0.2) is 43.7 Å². The second kappa shape index (κ2) is 8.99. The maximum Gasteiger partial charge on any atom is 0.269 e. The van der Waals surface area contributed by atoms with Crippen LogP contribution in [0.4, 0.5) is 0 Å². The first-order chi connectivity index (χ1) is 13.5. The summed E-state index contributed by atoms with van der Waals surface area (Å²) in [5.74, 6) is 0.826. The average Bonchev–Trinajstić information content (AvgIpc) is 2.89. The fourth-order valence-electron chi connectivity index (χ4n) is 2.96. The number of nitrogens with zero attached hydrogens (tertiary/aromatic N) is 2. The number of hydrogen-bond donors (Lipinski definition) is 0. The summed E-state index contributed by atoms with van der Waals surface area (Å²) in [4.78, 5) is 2.92. The number of benzene rings is 2. The van der Waals surface area contributed by atoms with Crippen LogP contribution in [0.25, 0.3) is 10.9 Å². The van der Waals surface area contributed by atoms with Crippen LogP contribution in [0.15, 0.2) is 44.6 Å². The number of rotatable bonds is 6. The molecule has 3 aromatic rings. The minimum atomic E-state index is -4.00. The SMILES string of the molecule is Cc1c(SCCN(C)C)c2cc(Br)ccc2n1S(=O)(=O)c1cc(Cl)c(Cl)cc1Cl. The molecule has 0 radical (unpaired) electrons. The van der Waals surface area contributed by atoms with Crippen LogP contribution in [0.3, 0.4) is 0 Å². The van der Waals surface area contributed by atoms with Crippen molar-refractivity contribution < 1.29 is 8.42 Å². The van der Waals surface area contributed by atoms with E-state index in [4.69, 9.17) is 34.8 Å². The Balaban J connectivity index is 2.24. The summed E-state index contributed by atoms with van der Waals surface area (Å²) in [6.45, 7) is 2.67. The molecular weight excluding hydrogens is 539 g/mol. The Labute approximate surface area is 198 Å². The minimum absolute atomic E-state index is 0.0274. The largest absolute Gasteiger partial charge is 0.309 e. The molecule has 1 aromatic heterocycles. The molecule has 0 atom stereocenters. The van der Waals surface area contributed by atoms with Crippen molar-refractivity contribution in [3.8, 4) is 0 Å². The second-order valence-corrected chi connectivity index (χ2v) is 11.7. The van der Waals surface area contributed by atoms with E-state index in [1.807, 2.05) is 26.2 Å². The van der Waals surface area contributed by atoms with Gasteiger partial charge in [-0.15, -0.1) is 11.8 Å². The van der Waals surface area contributed by atoms with Crippen LogP contribution in [-0.2, 0) is 10.0 Å². The van der Waals surface area contributed by atoms with Crippen molar-refractivity contribution in [1.29, 1.82) is 0 Å². The zero-order chi connectivity index (χ0) is 21.5. The molecule has 0 amide bonds. The molecule has 10 heteroatoms. The molecule has 1 heterocycles. The average molecular weight is 557 g/mol. The van der Waals surface area contributed by atoms with E-state index in [-0.39, 0.29) is 20.0 Å². The molecular formula is C19H18BrCl3N2O2S2. The topological polar surface area (TPSA) is 42.3 Å². The Hall–Kier alpha value is -0.410. The molecule has 0 unspecified atom stereocenters. The lowest BCUT2D eigenvalue weighted by Gasteiger charge is -2.13. The summed E-state index contributed by atoms with van der Waals surface area (Å²) in [7, 11) is 0.0110. The van der Waals surface area contributed by atoms with Crippen LogP contribution in [0, 0.1) is 6.92 Å². The summed E-state index contributed by atoms with van der Waals surface area (Å²) in [6.07, 6.45) is 0. The van der Waals surface area contributed by atoms with E-state index in [0.717, 1.165) is 27.1 Å². The molecule has 0 aliphatic heterocycles. The molecule has 0 bridgehead atoms. The van der Waals surface area contributed by atoms with Gasteiger partial charge in [-0.05, 0) is 51.4 Å². The fraction of sp³-hybridized carbons (Fsp3) is 0.263. The van der Waals surface area contributed by atoms with E-state index < -0.39 is 10.0 Å². The first-order valence-corrected chi connectivity index (χ1v) is 12.9. The molecule has 0 N–H and O–H groups in total. The van der Waals surface area contributed by atoms with Crippen molar-refractivity contribution in [1.82, 2.24) is 8.87 Å². The smallest absolute Gasteiger partial charge is 0.269 e. The monoisotopic (exact) mass is 554 g/mol. The van der Waals surface area contributed by atoms with E-state index in [0.29, 0.717) is 11.2 Å². The third-order valence-corrected chi connectivity index (χ3v) is 9.01. The Bertz CT molecular complexity index is 1190. The van der Waals surface area contributed by atoms with E-state index >= 15 is 0 Å². The van der Waals surface area contributed by atoms with Crippen molar-refractivity contribution >= 4 is 83.4 Å². The lowest BCUT2D eigenvalue weighted by molar-refractivity contribution is 0.437. The molecule has 0 aliphatic carbocycles. The number of halogens is 4. The highest BCUT2D eigenvalue weighted by Gasteiger charge is 2.28. The van der Waals surface area contributed by atoms with Crippen LogP contribution in [0.1, 0.15) is 5.69 Å². The second-order valence-electron chi connectivity index (χ2n) is 6.69. The summed E-state index contributed by atoms with van der Waals surface area (Å²) >= 11 is 23.4. The highest BCUT2D eigenvalue weighted by molar-refractivity contribution is 9.10. The summed E-state index contributed by atoms with van der Waals surface area (Å²) in [5, 5.41) is 1.22. The molecule has 0 aliphatic rings. The van der Waals surface area contributed by atoms with Gasteiger partial charge < -0.3 is 4.90 Å². The van der Waals surface area contributed by atoms with Gasteiger partial charge in [-0.3, -0.25) is 0 Å². The maximum atomic E-state index is 13.6. The standard InChI is InChI=1S/C19H18BrCl3N2O2S2/c1-11-19(28-7-6-24(2)3)13-8-12(20)4-5-17(13)25(11)29(26,27)18-10-15(22)14(21)9-16(18)23/h4-5,8-10H,6-7H2,1-3H3. The van der Waals surface area contributed by atoms with Gasteiger partial charge in [0.2, 0.25) is 0 Å².